The van der Waals surface area contributed by atoms with E-state index >= 15 is 0 Å². The van der Waals surface area contributed by atoms with Crippen LogP contribution >= 0.6 is 15.6 Å². The maximum Gasteiger partial charge on any atom is 0.472 e. The smallest absolute Gasteiger partial charge is 0.462 e. The Morgan fingerprint density at radius 2 is 0.491 bits per heavy atom. The number of allylic oxidation sites excluding steroid dienone is 28. The Kier molecular flexibility index (Phi) is 75.4. The van der Waals surface area contributed by atoms with E-state index in [9.17, 15) is 43.2 Å². The third-order valence-corrected chi connectivity index (χ3v) is 18.5. The van der Waals surface area contributed by atoms with Crippen molar-refractivity contribution in [2.75, 3.05) is 39.6 Å². The molecule has 19 heteroatoms. The van der Waals surface area contributed by atoms with Gasteiger partial charge in [-0.1, -0.05) is 281 Å². The molecule has 0 saturated carbocycles. The van der Waals surface area contributed by atoms with Gasteiger partial charge < -0.3 is 33.8 Å². The molecule has 614 valence electrons. The average Bonchev–Trinajstić information content (AvgIpc) is 0.906. The number of phosphoric ester groups is 2. The lowest BCUT2D eigenvalue weighted by Gasteiger charge is -2.21. The molecule has 0 aliphatic carbocycles. The summed E-state index contributed by atoms with van der Waals surface area (Å²) in [4.78, 5) is 73.1. The van der Waals surface area contributed by atoms with Crippen molar-refractivity contribution in [1.29, 1.82) is 0 Å². The van der Waals surface area contributed by atoms with Gasteiger partial charge in [-0.05, 0) is 173 Å². The lowest BCUT2D eigenvalue weighted by atomic mass is 10.1. The number of rotatable bonds is 76. The van der Waals surface area contributed by atoms with Crippen LogP contribution in [-0.2, 0) is 65.4 Å². The van der Waals surface area contributed by atoms with Crippen LogP contribution < -0.4 is 0 Å². The molecule has 2 unspecified atom stereocenters. The summed E-state index contributed by atoms with van der Waals surface area (Å²) >= 11 is 0. The predicted molar refractivity (Wildman–Crippen MR) is 445 cm³/mol. The van der Waals surface area contributed by atoms with Crippen LogP contribution in [0.5, 0.6) is 0 Å². The minimum atomic E-state index is -5.01. The first kappa shape index (κ1) is 102. The van der Waals surface area contributed by atoms with Gasteiger partial charge in [-0.3, -0.25) is 37.3 Å². The van der Waals surface area contributed by atoms with E-state index < -0.39 is 97.5 Å². The third kappa shape index (κ3) is 78.5. The molecule has 17 nitrogen and oxygen atoms in total. The first-order valence-corrected chi connectivity index (χ1v) is 44.4. The second kappa shape index (κ2) is 79.5. The van der Waals surface area contributed by atoms with Crippen LogP contribution in [0, 0.1) is 0 Å². The largest absolute Gasteiger partial charge is 0.472 e. The fourth-order valence-corrected chi connectivity index (χ4v) is 11.9. The highest BCUT2D eigenvalue weighted by molar-refractivity contribution is 7.47. The second-order valence-corrected chi connectivity index (χ2v) is 29.9. The highest BCUT2D eigenvalue weighted by Gasteiger charge is 2.30. The third-order valence-electron chi connectivity index (χ3n) is 16.6. The molecule has 5 atom stereocenters. The Balaban J connectivity index is 5.52. The maximum atomic E-state index is 13.1. The monoisotopic (exact) mass is 1550 g/mol. The number of phosphoric acid groups is 2. The van der Waals surface area contributed by atoms with Gasteiger partial charge in [0.1, 0.15) is 19.3 Å². The Labute approximate surface area is 654 Å². The van der Waals surface area contributed by atoms with Crippen LogP contribution in [0.3, 0.4) is 0 Å². The van der Waals surface area contributed by atoms with Gasteiger partial charge in [0.25, 0.3) is 0 Å². The molecule has 0 rings (SSSR count). The minimum absolute atomic E-state index is 0.00391. The summed E-state index contributed by atoms with van der Waals surface area (Å²) in [6.45, 7) is 4.53. The number of aliphatic hydroxyl groups is 1. The Morgan fingerprint density at radius 1 is 0.269 bits per heavy atom. The average molecular weight is 1550 g/mol. The molecule has 0 aromatic heterocycles. The molecule has 0 bridgehead atoms. The second-order valence-electron chi connectivity index (χ2n) is 27.0. The highest BCUT2D eigenvalue weighted by Crippen LogP contribution is 2.45. The number of carbonyl (C=O) groups excluding carboxylic acids is 4. The molecule has 3 N–H and O–H groups in total. The van der Waals surface area contributed by atoms with Crippen molar-refractivity contribution >= 4 is 39.5 Å². The normalized spacial score (nSPS) is 14.7. The molecule has 0 saturated heterocycles. The minimum Gasteiger partial charge on any atom is -0.462 e. The van der Waals surface area contributed by atoms with E-state index in [4.69, 9.17) is 37.0 Å². The topological polar surface area (TPSA) is 237 Å². The number of aliphatic hydroxyl groups excluding tert-OH is 1. The van der Waals surface area contributed by atoms with Gasteiger partial charge in [-0.25, -0.2) is 9.13 Å². The number of ether oxygens (including phenoxy) is 4. The summed E-state index contributed by atoms with van der Waals surface area (Å²) in [5.41, 5.74) is 0. The van der Waals surface area contributed by atoms with E-state index in [2.05, 4.69) is 174 Å². The lowest BCUT2D eigenvalue weighted by molar-refractivity contribution is -0.161. The van der Waals surface area contributed by atoms with E-state index in [1.54, 1.807) is 0 Å². The van der Waals surface area contributed by atoms with Crippen molar-refractivity contribution in [3.8, 4) is 0 Å². The van der Waals surface area contributed by atoms with Crippen molar-refractivity contribution in [3.63, 3.8) is 0 Å². The molecular formula is C89H146O17P2. The van der Waals surface area contributed by atoms with Crippen LogP contribution in [0.1, 0.15) is 310 Å². The van der Waals surface area contributed by atoms with Crippen LogP contribution in [0.4, 0.5) is 0 Å². The molecular weight excluding hydrogens is 1400 g/mol. The Hall–Kier alpha value is -5.58. The zero-order valence-electron chi connectivity index (χ0n) is 67.2. The SMILES string of the molecule is CC/C=C\C/C=C\C/C=C\C/C=C\C/C=C\CCCCCC(=O)OC[C@H](COP(=O)(O)OC[C@@H](O)COP(=O)(O)OC[C@@H](COC(=O)CCC/C=C\C/C=C\C/C=C\C/C=C\CCCCC)OC(=O)CCCCCCC/C=C\CCCCCCCC)OC(=O)CCC/C=C\C/C=C\C/C=C\C/C=C\CCCCC. The Morgan fingerprint density at radius 3 is 0.824 bits per heavy atom. The van der Waals surface area contributed by atoms with Gasteiger partial charge in [-0.2, -0.15) is 0 Å². The van der Waals surface area contributed by atoms with Gasteiger partial charge in [0.15, 0.2) is 12.2 Å². The number of hydrogen-bond donors (Lipinski definition) is 3. The molecule has 0 aliphatic heterocycles. The molecule has 0 spiro atoms. The molecule has 0 heterocycles. The van der Waals surface area contributed by atoms with E-state index in [1.807, 2.05) is 24.3 Å². The summed E-state index contributed by atoms with van der Waals surface area (Å²) < 4.78 is 68.6. The number of carbonyl (C=O) groups is 4. The van der Waals surface area contributed by atoms with Crippen molar-refractivity contribution in [1.82, 2.24) is 0 Å². The van der Waals surface area contributed by atoms with Crippen LogP contribution in [0.2, 0.25) is 0 Å². The Bertz CT molecular complexity index is 2710. The van der Waals surface area contributed by atoms with E-state index in [0.717, 1.165) is 141 Å². The quantitative estimate of drug-likeness (QED) is 0.0169. The van der Waals surface area contributed by atoms with E-state index in [-0.39, 0.29) is 25.7 Å². The van der Waals surface area contributed by atoms with Crippen molar-refractivity contribution < 1.29 is 80.2 Å². The number of unbranched alkanes of at least 4 members (excludes halogenated alkanes) is 22. The van der Waals surface area contributed by atoms with Gasteiger partial charge in [0.05, 0.1) is 26.4 Å². The zero-order chi connectivity index (χ0) is 78.9. The summed E-state index contributed by atoms with van der Waals surface area (Å²) in [6, 6.07) is 0. The van der Waals surface area contributed by atoms with Crippen molar-refractivity contribution in [2.45, 2.75) is 329 Å². The number of esters is 4. The first-order chi connectivity index (χ1) is 52.7. The standard InChI is InChI=1S/C89H146O17P2/c1-5-9-13-17-21-25-29-33-37-40-41-44-47-50-54-58-62-66-70-74-87(92)100-80-85(106-89(94)76-72-68-64-60-56-52-48-43-39-35-31-27-23-19-15-11-7-3)82-104-108(97,98)102-78-83(90)77-101-107(95,96)103-81-84(105-88(93)75-71-67-63-59-55-51-45-36-32-28-24-20-16-12-8-4)79-99-86(91)73-69-65-61-57-53-49-46-42-38-34-30-26-22-18-14-10-6-2/h9,13,21-23,25-27,33-39,41,44-46,48-50,52,54,57,60-61,64,83-85,90H,5-8,10-12,14-20,24,28-32,40,42-43,47,51,53,55-56,58-59,62-63,65-82H2,1-4H3,(H,95,96)(H,97,98)/b13-9-,25-21-,26-22-,27-23-,37-33-,38-34-,39-35-,44-41-,45-36-,49-46-,52-48-,54-50-,61-57-,64-60-/t83-,84+,85+/m0/s1. The van der Waals surface area contributed by atoms with Crippen LogP contribution in [0.25, 0.3) is 0 Å². The molecule has 0 aromatic rings. The summed E-state index contributed by atoms with van der Waals surface area (Å²) in [5, 5.41) is 10.7. The lowest BCUT2D eigenvalue weighted by Crippen LogP contribution is -2.30. The van der Waals surface area contributed by atoms with E-state index in [1.165, 1.54) is 77.0 Å². The molecule has 0 fully saturated rings. The summed E-state index contributed by atoms with van der Waals surface area (Å²) in [7, 11) is -10.0. The first-order valence-electron chi connectivity index (χ1n) is 41.4. The van der Waals surface area contributed by atoms with Crippen LogP contribution in [0.15, 0.2) is 170 Å². The molecule has 0 aromatic carbocycles. The summed E-state index contributed by atoms with van der Waals surface area (Å²) in [6.07, 6.45) is 94.8. The fraction of sp³-hybridized carbons (Fsp3) is 0.640. The molecule has 0 aliphatic rings. The van der Waals surface area contributed by atoms with Gasteiger partial charge in [-0.15, -0.1) is 0 Å². The van der Waals surface area contributed by atoms with Crippen molar-refractivity contribution in [2.24, 2.45) is 0 Å². The van der Waals surface area contributed by atoms with Gasteiger partial charge >= 0.3 is 39.5 Å². The summed E-state index contributed by atoms with van der Waals surface area (Å²) in [5.74, 6) is -2.36. The molecule has 108 heavy (non-hydrogen) atoms. The molecule has 0 radical (unpaired) electrons. The zero-order valence-corrected chi connectivity index (χ0v) is 69.0. The van der Waals surface area contributed by atoms with Crippen molar-refractivity contribution in [3.05, 3.63) is 170 Å². The van der Waals surface area contributed by atoms with Gasteiger partial charge in [0.2, 0.25) is 0 Å². The van der Waals surface area contributed by atoms with E-state index in [0.29, 0.717) is 38.5 Å². The molecule has 0 amide bonds. The number of hydrogen-bond acceptors (Lipinski definition) is 15. The predicted octanol–water partition coefficient (Wildman–Crippen LogP) is 24.6. The maximum absolute atomic E-state index is 13.1. The fourth-order valence-electron chi connectivity index (χ4n) is 10.3. The highest BCUT2D eigenvalue weighted by atomic mass is 31.2. The van der Waals surface area contributed by atoms with Crippen LogP contribution in [-0.4, -0.2) is 96.7 Å². The van der Waals surface area contributed by atoms with Gasteiger partial charge in [0, 0.05) is 25.7 Å².